The van der Waals surface area contributed by atoms with Gasteiger partial charge in [-0.3, -0.25) is 15.6 Å². The lowest BCUT2D eigenvalue weighted by molar-refractivity contribution is -0.173. The molecule has 29 heavy (non-hydrogen) atoms. The molecule has 5 nitrogen and oxygen atoms in total. The molecule has 0 aliphatic heterocycles. The Balaban J connectivity index is 1.63. The zero-order chi connectivity index (χ0) is 21.3. The predicted octanol–water partition coefficient (Wildman–Crippen LogP) is 4.39. The first-order valence-corrected chi connectivity index (χ1v) is 11.1. The quantitative estimate of drug-likeness (QED) is 0.434. The first-order chi connectivity index (χ1) is 13.5. The minimum absolute atomic E-state index is 0.0381. The van der Waals surface area contributed by atoms with E-state index in [1.165, 1.54) is 6.42 Å². The van der Waals surface area contributed by atoms with Crippen molar-refractivity contribution in [3.8, 4) is 0 Å². The van der Waals surface area contributed by atoms with E-state index >= 15 is 0 Å². The van der Waals surface area contributed by atoms with E-state index < -0.39 is 5.60 Å². The molecular weight excluding hydrogens is 382 g/mol. The zero-order valence-corrected chi connectivity index (χ0v) is 18.9. The Hall–Kier alpha value is -1.66. The standard InChI is InChI=1S/C23H35N3O2S/c1-21(2)12-8-13-22(3)17(21)11-14-23(4,28)18(22)15-19(27)25-26-20(29)24-16-9-6-5-7-10-16/h5-7,9-10,17-18,28H,8,11-15H2,1-4H3,(H,25,27)(H2,24,26,29). The second-order valence-corrected chi connectivity index (χ2v) is 10.5. The number of para-hydroxylation sites is 1. The molecular formula is C23H35N3O2S. The number of fused-ring (bicyclic) bond motifs is 1. The van der Waals surface area contributed by atoms with Crippen LogP contribution < -0.4 is 16.2 Å². The third-order valence-corrected chi connectivity index (χ3v) is 7.70. The Labute approximate surface area is 180 Å². The van der Waals surface area contributed by atoms with E-state index in [9.17, 15) is 9.90 Å². The average Bonchev–Trinajstić information content (AvgIpc) is 2.63. The van der Waals surface area contributed by atoms with E-state index in [1.54, 1.807) is 0 Å². The molecule has 4 N–H and O–H groups in total. The van der Waals surface area contributed by atoms with Crippen molar-refractivity contribution in [3.05, 3.63) is 30.3 Å². The van der Waals surface area contributed by atoms with E-state index in [0.717, 1.165) is 31.4 Å². The Morgan fingerprint density at radius 3 is 2.48 bits per heavy atom. The van der Waals surface area contributed by atoms with Gasteiger partial charge in [-0.15, -0.1) is 0 Å². The van der Waals surface area contributed by atoms with E-state index in [4.69, 9.17) is 12.2 Å². The highest BCUT2D eigenvalue weighted by atomic mass is 32.1. The Morgan fingerprint density at radius 2 is 1.79 bits per heavy atom. The van der Waals surface area contributed by atoms with Crippen LogP contribution in [-0.4, -0.2) is 21.7 Å². The van der Waals surface area contributed by atoms with E-state index in [1.807, 2.05) is 37.3 Å². The summed E-state index contributed by atoms with van der Waals surface area (Å²) in [5.74, 6) is 0.305. The highest BCUT2D eigenvalue weighted by Gasteiger charge is 2.58. The molecule has 2 aliphatic carbocycles. The van der Waals surface area contributed by atoms with Crippen molar-refractivity contribution in [3.63, 3.8) is 0 Å². The average molecular weight is 418 g/mol. The van der Waals surface area contributed by atoms with Crippen molar-refractivity contribution in [1.82, 2.24) is 10.9 Å². The molecule has 6 heteroatoms. The maximum absolute atomic E-state index is 12.8. The van der Waals surface area contributed by atoms with Crippen LogP contribution in [0, 0.1) is 22.7 Å². The van der Waals surface area contributed by atoms with Crippen LogP contribution in [-0.2, 0) is 4.79 Å². The van der Waals surface area contributed by atoms with Gasteiger partial charge in [-0.25, -0.2) is 0 Å². The Morgan fingerprint density at radius 1 is 1.10 bits per heavy atom. The topological polar surface area (TPSA) is 73.4 Å². The Kier molecular flexibility index (Phi) is 6.25. The van der Waals surface area contributed by atoms with Crippen LogP contribution in [0.5, 0.6) is 0 Å². The number of nitrogens with one attached hydrogen (secondary N) is 3. The summed E-state index contributed by atoms with van der Waals surface area (Å²) in [6.07, 6.45) is 5.49. The van der Waals surface area contributed by atoms with E-state index in [-0.39, 0.29) is 29.1 Å². The van der Waals surface area contributed by atoms with Gasteiger partial charge < -0.3 is 10.4 Å². The van der Waals surface area contributed by atoms with Gasteiger partial charge in [0.05, 0.1) is 5.60 Å². The maximum Gasteiger partial charge on any atom is 0.238 e. The third-order valence-electron chi connectivity index (χ3n) is 7.50. The zero-order valence-electron chi connectivity index (χ0n) is 18.0. The molecule has 1 aromatic carbocycles. The van der Waals surface area contributed by atoms with Crippen molar-refractivity contribution >= 4 is 28.9 Å². The number of carbonyl (C=O) groups is 1. The molecule has 1 amide bonds. The summed E-state index contributed by atoms with van der Waals surface area (Å²) in [4.78, 5) is 12.8. The van der Waals surface area contributed by atoms with Crippen molar-refractivity contribution in [2.75, 3.05) is 5.32 Å². The molecule has 2 saturated carbocycles. The first kappa shape index (κ1) is 22.0. The molecule has 0 spiro atoms. The highest BCUT2D eigenvalue weighted by Crippen LogP contribution is 2.62. The molecule has 0 bridgehead atoms. The fourth-order valence-electron chi connectivity index (χ4n) is 6.12. The van der Waals surface area contributed by atoms with Crippen LogP contribution in [0.2, 0.25) is 0 Å². The molecule has 2 aliphatic rings. The number of rotatable bonds is 3. The Bertz CT molecular complexity index is 750. The number of amides is 1. The van der Waals surface area contributed by atoms with Crippen LogP contribution in [0.25, 0.3) is 0 Å². The number of aliphatic hydroxyl groups is 1. The normalized spacial score (nSPS) is 33.3. The van der Waals surface area contributed by atoms with Gasteiger partial charge in [0, 0.05) is 18.0 Å². The van der Waals surface area contributed by atoms with Gasteiger partial charge in [0.25, 0.3) is 0 Å². The van der Waals surface area contributed by atoms with Gasteiger partial charge in [-0.2, -0.15) is 0 Å². The predicted molar refractivity (Wildman–Crippen MR) is 121 cm³/mol. The smallest absolute Gasteiger partial charge is 0.238 e. The third kappa shape index (κ3) is 4.75. The van der Waals surface area contributed by atoms with Crippen LogP contribution >= 0.6 is 12.2 Å². The van der Waals surface area contributed by atoms with Gasteiger partial charge in [0.2, 0.25) is 5.91 Å². The number of anilines is 1. The fraction of sp³-hybridized carbons (Fsp3) is 0.652. The summed E-state index contributed by atoms with van der Waals surface area (Å²) in [5.41, 5.74) is 5.74. The summed E-state index contributed by atoms with van der Waals surface area (Å²) in [5, 5.41) is 14.6. The van der Waals surface area contributed by atoms with Crippen LogP contribution in [0.15, 0.2) is 30.3 Å². The summed E-state index contributed by atoms with van der Waals surface area (Å²) >= 11 is 5.26. The van der Waals surface area contributed by atoms with Gasteiger partial charge in [-0.1, -0.05) is 45.4 Å². The van der Waals surface area contributed by atoms with E-state index in [2.05, 4.69) is 36.9 Å². The maximum atomic E-state index is 12.8. The minimum Gasteiger partial charge on any atom is -0.390 e. The molecule has 3 rings (SSSR count). The molecule has 0 aromatic heterocycles. The van der Waals surface area contributed by atoms with Gasteiger partial charge in [0.15, 0.2) is 5.11 Å². The van der Waals surface area contributed by atoms with Crippen molar-refractivity contribution in [2.45, 2.75) is 71.8 Å². The van der Waals surface area contributed by atoms with Gasteiger partial charge in [0.1, 0.15) is 0 Å². The second-order valence-electron chi connectivity index (χ2n) is 10.0. The largest absolute Gasteiger partial charge is 0.390 e. The number of benzene rings is 1. The second kappa shape index (κ2) is 8.23. The number of hydrogen-bond donors (Lipinski definition) is 4. The van der Waals surface area contributed by atoms with Gasteiger partial charge >= 0.3 is 0 Å². The summed E-state index contributed by atoms with van der Waals surface area (Å²) in [6.45, 7) is 8.89. The molecule has 4 unspecified atom stereocenters. The van der Waals surface area contributed by atoms with Crippen LogP contribution in [0.3, 0.4) is 0 Å². The van der Waals surface area contributed by atoms with Crippen molar-refractivity contribution in [1.29, 1.82) is 0 Å². The molecule has 160 valence electrons. The van der Waals surface area contributed by atoms with Crippen molar-refractivity contribution in [2.24, 2.45) is 22.7 Å². The number of hydrazine groups is 1. The molecule has 2 fully saturated rings. The molecule has 1 aromatic rings. The monoisotopic (exact) mass is 417 g/mol. The number of thiocarbonyl (C=S) groups is 1. The molecule has 0 saturated heterocycles. The number of hydrogen-bond acceptors (Lipinski definition) is 3. The fourth-order valence-corrected chi connectivity index (χ4v) is 6.29. The SMILES string of the molecule is CC1(C)CCCC2(C)C1CCC(C)(O)C2CC(=O)NNC(=S)Nc1ccccc1. The van der Waals surface area contributed by atoms with E-state index in [0.29, 0.717) is 11.0 Å². The molecule has 0 radical (unpaired) electrons. The minimum atomic E-state index is -0.835. The number of carbonyl (C=O) groups excluding carboxylic acids is 1. The lowest BCUT2D eigenvalue weighted by Crippen LogP contribution is -2.59. The summed E-state index contributed by atoms with van der Waals surface area (Å²) in [7, 11) is 0. The van der Waals surface area contributed by atoms with Crippen molar-refractivity contribution < 1.29 is 9.90 Å². The summed E-state index contributed by atoms with van der Waals surface area (Å²) in [6, 6.07) is 9.57. The van der Waals surface area contributed by atoms with Crippen LogP contribution in [0.4, 0.5) is 5.69 Å². The highest BCUT2D eigenvalue weighted by molar-refractivity contribution is 7.80. The first-order valence-electron chi connectivity index (χ1n) is 10.7. The summed E-state index contributed by atoms with van der Waals surface area (Å²) < 4.78 is 0. The van der Waals surface area contributed by atoms with Crippen LogP contribution in [0.1, 0.15) is 66.2 Å². The molecule has 0 heterocycles. The lowest BCUT2D eigenvalue weighted by Gasteiger charge is -2.61. The lowest BCUT2D eigenvalue weighted by atomic mass is 9.45. The van der Waals surface area contributed by atoms with Gasteiger partial charge in [-0.05, 0) is 73.7 Å². The molecule has 4 atom stereocenters.